The summed E-state index contributed by atoms with van der Waals surface area (Å²) in [6, 6.07) is 0. The Labute approximate surface area is 161 Å². The van der Waals surface area contributed by atoms with Crippen molar-refractivity contribution in [1.82, 2.24) is 10.2 Å². The topological polar surface area (TPSA) is 69.3 Å². The van der Waals surface area contributed by atoms with E-state index in [1.54, 1.807) is 6.92 Å². The van der Waals surface area contributed by atoms with Gasteiger partial charge in [0.15, 0.2) is 0 Å². The molecule has 5 aliphatic rings. The van der Waals surface area contributed by atoms with Gasteiger partial charge < -0.3 is 10.2 Å². The number of rotatable bonds is 7. The summed E-state index contributed by atoms with van der Waals surface area (Å²) in [6.07, 6.45) is 7.59. The predicted molar refractivity (Wildman–Crippen MR) is 97.9 cm³/mol. The van der Waals surface area contributed by atoms with Crippen LogP contribution in [-0.2, 0) is 24.3 Å². The first-order valence-corrected chi connectivity index (χ1v) is 10.5. The smallest absolute Gasteiger partial charge is 0.239 e. The molecule has 4 bridgehead atoms. The van der Waals surface area contributed by atoms with E-state index < -0.39 is 11.6 Å². The van der Waals surface area contributed by atoms with Crippen molar-refractivity contribution in [3.8, 4) is 0 Å². The summed E-state index contributed by atoms with van der Waals surface area (Å²) in [6.45, 7) is 3.41. The van der Waals surface area contributed by atoms with Crippen LogP contribution < -0.4 is 5.32 Å². The number of hydrogen-bond donors (Lipinski definition) is 1. The number of hydrogen-bond acceptors (Lipinski definition) is 6. The first-order chi connectivity index (χ1) is 12.9. The molecule has 4 aliphatic carbocycles. The second-order valence-corrected chi connectivity index (χ2v) is 9.50. The molecule has 0 aromatic rings. The molecule has 1 amide bonds. The molecule has 27 heavy (non-hydrogen) atoms. The number of nitrogens with zero attached hydrogens (tertiary/aromatic N) is 1. The van der Waals surface area contributed by atoms with Gasteiger partial charge in [0.25, 0.3) is 0 Å². The zero-order valence-electron chi connectivity index (χ0n) is 16.9. The van der Waals surface area contributed by atoms with Gasteiger partial charge in [0.1, 0.15) is 0 Å². The molecule has 0 unspecified atom stereocenters. The minimum atomic E-state index is -1.04. The highest BCUT2D eigenvalue weighted by Gasteiger charge is 2.64. The molecule has 1 aliphatic heterocycles. The van der Waals surface area contributed by atoms with Gasteiger partial charge in [-0.2, -0.15) is 19.6 Å². The van der Waals surface area contributed by atoms with E-state index in [1.807, 2.05) is 14.1 Å². The molecule has 154 valence electrons. The van der Waals surface area contributed by atoms with E-state index in [9.17, 15) is 4.79 Å². The Morgan fingerprint density at radius 3 is 2.15 bits per heavy atom. The Morgan fingerprint density at radius 1 is 1.00 bits per heavy atom. The molecular formula is C20H34N2O5. The minimum absolute atomic E-state index is 0.00269. The first-order valence-electron chi connectivity index (χ1n) is 10.5. The third kappa shape index (κ3) is 4.03. The second-order valence-electron chi connectivity index (χ2n) is 9.50. The average molecular weight is 383 g/mol. The van der Waals surface area contributed by atoms with Crippen LogP contribution in [0.1, 0.15) is 58.3 Å². The first kappa shape index (κ1) is 19.6. The van der Waals surface area contributed by atoms with Crippen LogP contribution in [0.15, 0.2) is 0 Å². The zero-order valence-corrected chi connectivity index (χ0v) is 16.9. The molecule has 4 saturated carbocycles. The fourth-order valence-electron chi connectivity index (χ4n) is 5.58. The van der Waals surface area contributed by atoms with E-state index >= 15 is 0 Å². The molecule has 0 radical (unpaired) electrons. The molecule has 0 aromatic heterocycles. The monoisotopic (exact) mass is 382 g/mol. The molecule has 7 heteroatoms. The normalized spacial score (nSPS) is 42.8. The van der Waals surface area contributed by atoms with Gasteiger partial charge in [0.2, 0.25) is 17.5 Å². The summed E-state index contributed by atoms with van der Waals surface area (Å²) in [4.78, 5) is 37.5. The fraction of sp³-hybridized carbons (Fsp3) is 0.950. The maximum Gasteiger partial charge on any atom is 0.239 e. The summed E-state index contributed by atoms with van der Waals surface area (Å²) < 4.78 is 0. The SMILES string of the molecule is CN(C)CCCNC(=O)CCC1(C)OOC2(OO1)C1CC3CC(C1)CC2C3. The highest BCUT2D eigenvalue weighted by molar-refractivity contribution is 5.75. The Morgan fingerprint density at radius 2 is 1.59 bits per heavy atom. The highest BCUT2D eigenvalue weighted by Crippen LogP contribution is 2.61. The van der Waals surface area contributed by atoms with E-state index in [0.29, 0.717) is 31.2 Å². The molecule has 1 heterocycles. The molecule has 0 aromatic carbocycles. The van der Waals surface area contributed by atoms with E-state index in [1.165, 1.54) is 6.42 Å². The van der Waals surface area contributed by atoms with Crippen LogP contribution >= 0.6 is 0 Å². The van der Waals surface area contributed by atoms with Gasteiger partial charge in [-0.05, 0) is 77.9 Å². The summed E-state index contributed by atoms with van der Waals surface area (Å²) in [7, 11) is 4.05. The lowest BCUT2D eigenvalue weighted by Gasteiger charge is -2.60. The van der Waals surface area contributed by atoms with Crippen molar-refractivity contribution in [1.29, 1.82) is 0 Å². The average Bonchev–Trinajstić information content (AvgIpc) is 2.63. The Bertz CT molecular complexity index is 514. The highest BCUT2D eigenvalue weighted by atomic mass is 17.4. The number of carbonyl (C=O) groups is 1. The van der Waals surface area contributed by atoms with Crippen molar-refractivity contribution in [3.63, 3.8) is 0 Å². The van der Waals surface area contributed by atoms with Crippen molar-refractivity contribution in [2.24, 2.45) is 23.7 Å². The lowest BCUT2D eigenvalue weighted by molar-refractivity contribution is -0.675. The summed E-state index contributed by atoms with van der Waals surface area (Å²) >= 11 is 0. The maximum atomic E-state index is 12.1. The van der Waals surface area contributed by atoms with Crippen molar-refractivity contribution in [3.05, 3.63) is 0 Å². The van der Waals surface area contributed by atoms with Gasteiger partial charge in [-0.3, -0.25) is 4.79 Å². The van der Waals surface area contributed by atoms with Gasteiger partial charge in [-0.15, -0.1) is 0 Å². The van der Waals surface area contributed by atoms with Gasteiger partial charge in [-0.25, -0.2) is 0 Å². The predicted octanol–water partition coefficient (Wildman–Crippen LogP) is 2.61. The van der Waals surface area contributed by atoms with Crippen LogP contribution in [0.2, 0.25) is 0 Å². The minimum Gasteiger partial charge on any atom is -0.356 e. The van der Waals surface area contributed by atoms with Crippen molar-refractivity contribution >= 4 is 5.91 Å². The summed E-state index contributed by atoms with van der Waals surface area (Å²) in [5.41, 5.74) is 0. The van der Waals surface area contributed by atoms with Crippen LogP contribution in [-0.4, -0.2) is 49.6 Å². The second kappa shape index (κ2) is 7.59. The third-order valence-electron chi connectivity index (χ3n) is 6.88. The lowest BCUT2D eigenvalue weighted by atomic mass is 9.53. The van der Waals surface area contributed by atoms with E-state index in [4.69, 9.17) is 19.6 Å². The number of amides is 1. The number of nitrogens with one attached hydrogen (secondary N) is 1. The Hall–Kier alpha value is -0.730. The van der Waals surface area contributed by atoms with Gasteiger partial charge in [0, 0.05) is 31.2 Å². The molecule has 5 rings (SSSR count). The van der Waals surface area contributed by atoms with E-state index in [2.05, 4.69) is 10.2 Å². The van der Waals surface area contributed by atoms with Crippen LogP contribution in [0.5, 0.6) is 0 Å². The lowest BCUT2D eigenvalue weighted by Crippen LogP contribution is -2.64. The van der Waals surface area contributed by atoms with Crippen LogP contribution in [0, 0.1) is 23.7 Å². The van der Waals surface area contributed by atoms with Crippen LogP contribution in [0.3, 0.4) is 0 Å². The quantitative estimate of drug-likeness (QED) is 0.539. The van der Waals surface area contributed by atoms with Crippen molar-refractivity contribution < 1.29 is 24.3 Å². The Balaban J connectivity index is 1.23. The van der Waals surface area contributed by atoms with Gasteiger partial charge in [0.05, 0.1) is 0 Å². The molecule has 1 N–H and O–H groups in total. The third-order valence-corrected chi connectivity index (χ3v) is 6.88. The summed E-state index contributed by atoms with van der Waals surface area (Å²) in [5.74, 6) is 0.570. The zero-order chi connectivity index (χ0) is 19.1. The van der Waals surface area contributed by atoms with Crippen molar-refractivity contribution in [2.75, 3.05) is 27.2 Å². The van der Waals surface area contributed by atoms with Crippen LogP contribution in [0.25, 0.3) is 0 Å². The molecule has 5 fully saturated rings. The standard InChI is InChI=1S/C20H34N2O5/c1-19(6-5-18(23)21-7-4-8-22(2)3)24-26-20(27-25-19)16-10-14-9-15(12-16)13-17(20)11-14/h14-17H,4-13H2,1-3H3,(H,21,23). The molecular weight excluding hydrogens is 348 g/mol. The van der Waals surface area contributed by atoms with Gasteiger partial charge >= 0.3 is 0 Å². The Kier molecular flexibility index (Phi) is 5.51. The molecule has 0 atom stereocenters. The summed E-state index contributed by atoms with van der Waals surface area (Å²) in [5, 5.41) is 2.94. The maximum absolute atomic E-state index is 12.1. The van der Waals surface area contributed by atoms with Crippen molar-refractivity contribution in [2.45, 2.75) is 69.9 Å². The fourth-order valence-corrected chi connectivity index (χ4v) is 5.58. The molecule has 1 saturated heterocycles. The van der Waals surface area contributed by atoms with Gasteiger partial charge in [-0.1, -0.05) is 0 Å². The van der Waals surface area contributed by atoms with E-state index in [-0.39, 0.29) is 5.91 Å². The van der Waals surface area contributed by atoms with Crippen LogP contribution in [0.4, 0.5) is 0 Å². The molecule has 7 nitrogen and oxygen atoms in total. The van der Waals surface area contributed by atoms with E-state index in [0.717, 1.165) is 50.5 Å². The number of carbonyl (C=O) groups excluding carboxylic acids is 1. The largest absolute Gasteiger partial charge is 0.356 e. The molecule has 1 spiro atoms.